The van der Waals surface area contributed by atoms with Gasteiger partial charge < -0.3 is 11.1 Å². The number of primary amides is 1. The maximum Gasteiger partial charge on any atom is 0.244 e. The van der Waals surface area contributed by atoms with Crippen molar-refractivity contribution >= 4 is 11.8 Å². The monoisotopic (exact) mass is 260 g/mol. The Kier molecular flexibility index (Phi) is 4.55. The summed E-state index contributed by atoms with van der Waals surface area (Å²) in [4.78, 5) is 23.4. The first-order chi connectivity index (χ1) is 9.16. The summed E-state index contributed by atoms with van der Waals surface area (Å²) in [6.07, 6.45) is 5.13. The average Bonchev–Trinajstić information content (AvgIpc) is 2.89. The highest BCUT2D eigenvalue weighted by molar-refractivity contribution is 5.87. The third-order valence-electron chi connectivity index (χ3n) is 3.67. The van der Waals surface area contributed by atoms with Crippen molar-refractivity contribution in [3.63, 3.8) is 0 Å². The summed E-state index contributed by atoms with van der Waals surface area (Å²) >= 11 is 0. The molecule has 1 aliphatic carbocycles. The molecule has 2 rings (SSSR count). The van der Waals surface area contributed by atoms with Gasteiger partial charge in [0, 0.05) is 6.42 Å². The molecular weight excluding hydrogens is 240 g/mol. The topological polar surface area (TPSA) is 72.2 Å². The zero-order chi connectivity index (χ0) is 13.7. The number of carbonyl (C=O) groups excluding carboxylic acids is 2. The second-order valence-electron chi connectivity index (χ2n) is 5.17. The van der Waals surface area contributed by atoms with E-state index in [1.165, 1.54) is 12.8 Å². The van der Waals surface area contributed by atoms with E-state index in [1.54, 1.807) is 12.1 Å². The Bertz CT molecular complexity index is 439. The first-order valence-electron chi connectivity index (χ1n) is 6.80. The number of rotatable bonds is 5. The van der Waals surface area contributed by atoms with E-state index in [0.717, 1.165) is 18.4 Å². The van der Waals surface area contributed by atoms with Crippen LogP contribution in [0.1, 0.15) is 43.7 Å². The molecule has 1 atom stereocenters. The number of hydrogen-bond donors (Lipinski definition) is 2. The highest BCUT2D eigenvalue weighted by atomic mass is 16.2. The summed E-state index contributed by atoms with van der Waals surface area (Å²) in [5.41, 5.74) is 6.10. The van der Waals surface area contributed by atoms with Crippen molar-refractivity contribution in [2.24, 2.45) is 11.7 Å². The first kappa shape index (κ1) is 13.6. The number of benzene rings is 1. The predicted octanol–water partition coefficient (Wildman–Crippen LogP) is 1.91. The van der Waals surface area contributed by atoms with Gasteiger partial charge in [0.25, 0.3) is 0 Å². The summed E-state index contributed by atoms with van der Waals surface area (Å²) in [6, 6.07) is 8.39. The molecule has 0 aromatic heterocycles. The Hall–Kier alpha value is -1.84. The number of amides is 2. The van der Waals surface area contributed by atoms with Gasteiger partial charge >= 0.3 is 0 Å². The molecule has 4 heteroatoms. The lowest BCUT2D eigenvalue weighted by molar-refractivity contribution is -0.128. The molecule has 1 aromatic carbocycles. The van der Waals surface area contributed by atoms with Crippen LogP contribution in [-0.4, -0.2) is 11.8 Å². The SMILES string of the molecule is NC(=O)[C@H](NC(=O)CC1CCCC1)c1ccccc1. The Morgan fingerprint density at radius 2 is 1.84 bits per heavy atom. The van der Waals surface area contributed by atoms with Gasteiger partial charge in [-0.25, -0.2) is 0 Å². The number of nitrogens with one attached hydrogen (secondary N) is 1. The van der Waals surface area contributed by atoms with E-state index in [-0.39, 0.29) is 5.91 Å². The van der Waals surface area contributed by atoms with Gasteiger partial charge in [-0.15, -0.1) is 0 Å². The Morgan fingerprint density at radius 3 is 2.42 bits per heavy atom. The molecule has 2 amide bonds. The van der Waals surface area contributed by atoms with Crippen LogP contribution in [0.4, 0.5) is 0 Å². The molecule has 4 nitrogen and oxygen atoms in total. The van der Waals surface area contributed by atoms with Crippen LogP contribution in [0.5, 0.6) is 0 Å². The first-order valence-corrected chi connectivity index (χ1v) is 6.80. The van der Waals surface area contributed by atoms with E-state index < -0.39 is 11.9 Å². The van der Waals surface area contributed by atoms with Crippen LogP contribution in [0.25, 0.3) is 0 Å². The second kappa shape index (κ2) is 6.36. The van der Waals surface area contributed by atoms with E-state index in [4.69, 9.17) is 5.73 Å². The molecule has 19 heavy (non-hydrogen) atoms. The standard InChI is InChI=1S/C15H20N2O2/c16-15(19)14(12-8-2-1-3-9-12)17-13(18)10-11-6-4-5-7-11/h1-3,8-9,11,14H,4-7,10H2,(H2,16,19)(H,17,18)/t14-/m1/s1. The van der Waals surface area contributed by atoms with Gasteiger partial charge in [-0.05, 0) is 24.3 Å². The number of nitrogens with two attached hydrogens (primary N) is 1. The van der Waals surface area contributed by atoms with Gasteiger partial charge in [-0.2, -0.15) is 0 Å². The Labute approximate surface area is 113 Å². The van der Waals surface area contributed by atoms with Crippen molar-refractivity contribution in [1.29, 1.82) is 0 Å². The van der Waals surface area contributed by atoms with Crippen molar-refractivity contribution in [2.45, 2.75) is 38.1 Å². The Balaban J connectivity index is 1.97. The number of carbonyl (C=O) groups is 2. The molecule has 0 heterocycles. The lowest BCUT2D eigenvalue weighted by atomic mass is 10.0. The molecule has 0 spiro atoms. The van der Waals surface area contributed by atoms with Crippen molar-refractivity contribution in [2.75, 3.05) is 0 Å². The molecule has 1 fully saturated rings. The van der Waals surface area contributed by atoms with E-state index in [9.17, 15) is 9.59 Å². The summed E-state index contributed by atoms with van der Waals surface area (Å²) < 4.78 is 0. The molecule has 102 valence electrons. The predicted molar refractivity (Wildman–Crippen MR) is 73.1 cm³/mol. The molecule has 0 bridgehead atoms. The zero-order valence-corrected chi connectivity index (χ0v) is 11.0. The average molecular weight is 260 g/mol. The van der Waals surface area contributed by atoms with Crippen molar-refractivity contribution in [3.05, 3.63) is 35.9 Å². The Morgan fingerprint density at radius 1 is 1.21 bits per heavy atom. The van der Waals surface area contributed by atoms with Gasteiger partial charge in [0.2, 0.25) is 11.8 Å². The van der Waals surface area contributed by atoms with Crippen LogP contribution in [-0.2, 0) is 9.59 Å². The minimum absolute atomic E-state index is 0.0837. The van der Waals surface area contributed by atoms with Gasteiger partial charge in [-0.1, -0.05) is 43.2 Å². The van der Waals surface area contributed by atoms with Crippen molar-refractivity contribution < 1.29 is 9.59 Å². The largest absolute Gasteiger partial charge is 0.368 e. The summed E-state index contributed by atoms with van der Waals surface area (Å²) in [5, 5.41) is 2.75. The van der Waals surface area contributed by atoms with Gasteiger partial charge in [0.15, 0.2) is 0 Å². The number of hydrogen-bond acceptors (Lipinski definition) is 2. The fourth-order valence-electron chi connectivity index (χ4n) is 2.66. The molecule has 1 saturated carbocycles. The smallest absolute Gasteiger partial charge is 0.244 e. The second-order valence-corrected chi connectivity index (χ2v) is 5.17. The highest BCUT2D eigenvalue weighted by Gasteiger charge is 2.23. The third kappa shape index (κ3) is 3.81. The van der Waals surface area contributed by atoms with E-state index in [2.05, 4.69) is 5.32 Å². The minimum atomic E-state index is -0.727. The molecule has 0 aliphatic heterocycles. The highest BCUT2D eigenvalue weighted by Crippen LogP contribution is 2.27. The molecule has 1 aromatic rings. The van der Waals surface area contributed by atoms with Crippen molar-refractivity contribution in [3.8, 4) is 0 Å². The molecule has 1 aliphatic rings. The summed E-state index contributed by atoms with van der Waals surface area (Å²) in [7, 11) is 0. The van der Waals surface area contributed by atoms with E-state index >= 15 is 0 Å². The maximum absolute atomic E-state index is 12.0. The maximum atomic E-state index is 12.0. The minimum Gasteiger partial charge on any atom is -0.368 e. The fraction of sp³-hybridized carbons (Fsp3) is 0.467. The molecule has 0 unspecified atom stereocenters. The molecular formula is C15H20N2O2. The molecule has 0 saturated heterocycles. The van der Waals surface area contributed by atoms with Crippen LogP contribution < -0.4 is 11.1 Å². The summed E-state index contributed by atoms with van der Waals surface area (Å²) in [5.74, 6) is -0.144. The fourth-order valence-corrected chi connectivity index (χ4v) is 2.66. The van der Waals surface area contributed by atoms with Gasteiger partial charge in [0.05, 0.1) is 0 Å². The van der Waals surface area contributed by atoms with Crippen molar-refractivity contribution in [1.82, 2.24) is 5.32 Å². The molecule has 0 radical (unpaired) electrons. The molecule has 3 N–H and O–H groups in total. The quantitative estimate of drug-likeness (QED) is 0.848. The van der Waals surface area contributed by atoms with E-state index in [0.29, 0.717) is 12.3 Å². The lowest BCUT2D eigenvalue weighted by Crippen LogP contribution is -2.38. The van der Waals surface area contributed by atoms with Crippen LogP contribution in [0, 0.1) is 5.92 Å². The summed E-state index contributed by atoms with van der Waals surface area (Å²) in [6.45, 7) is 0. The van der Waals surface area contributed by atoms with Crippen LogP contribution in [0.15, 0.2) is 30.3 Å². The lowest BCUT2D eigenvalue weighted by Gasteiger charge is -2.17. The van der Waals surface area contributed by atoms with E-state index in [1.807, 2.05) is 18.2 Å². The van der Waals surface area contributed by atoms with Crippen LogP contribution in [0.2, 0.25) is 0 Å². The van der Waals surface area contributed by atoms with Crippen LogP contribution >= 0.6 is 0 Å². The van der Waals surface area contributed by atoms with Gasteiger partial charge in [0.1, 0.15) is 6.04 Å². The van der Waals surface area contributed by atoms with Crippen LogP contribution in [0.3, 0.4) is 0 Å². The van der Waals surface area contributed by atoms with Gasteiger partial charge in [-0.3, -0.25) is 9.59 Å². The normalized spacial score (nSPS) is 17.1. The zero-order valence-electron chi connectivity index (χ0n) is 11.0. The third-order valence-corrected chi connectivity index (χ3v) is 3.67.